The molecule has 1 heterocycles. The lowest BCUT2D eigenvalue weighted by molar-refractivity contribution is 0.360. The van der Waals surface area contributed by atoms with Gasteiger partial charge in [0.2, 0.25) is 0 Å². The number of nitrogens with zero attached hydrogens (tertiary/aromatic N) is 1. The second-order valence-electron chi connectivity index (χ2n) is 3.54. The van der Waals surface area contributed by atoms with E-state index in [-0.39, 0.29) is 11.7 Å². The molecule has 14 heavy (non-hydrogen) atoms. The minimum absolute atomic E-state index is 0.0754. The standard InChI is InChI=1S/C9H13N3O2/c1-2-6-4-3-5-7(6)12-9(14)10-8(13)11-12/h3-4,6-7H,2,5H2,1H3,(H2,10,11,13,14)/t6-,7-/m0/s1. The molecule has 0 unspecified atom stereocenters. The Morgan fingerprint density at radius 2 is 2.36 bits per heavy atom. The lowest BCUT2D eigenvalue weighted by Gasteiger charge is -2.17. The number of hydrogen-bond donors (Lipinski definition) is 2. The first-order chi connectivity index (χ1) is 6.72. The molecule has 0 bridgehead atoms. The van der Waals surface area contributed by atoms with Crippen LogP contribution in [0.5, 0.6) is 0 Å². The summed E-state index contributed by atoms with van der Waals surface area (Å²) < 4.78 is 1.40. The van der Waals surface area contributed by atoms with E-state index in [1.807, 2.05) is 0 Å². The van der Waals surface area contributed by atoms with Gasteiger partial charge in [-0.15, -0.1) is 0 Å². The molecule has 1 aromatic heterocycles. The highest BCUT2D eigenvalue weighted by molar-refractivity contribution is 5.02. The SMILES string of the molecule is CC[C@H]1C=CC[C@@H]1n1[nH]c(=O)[nH]c1=O. The molecule has 1 aromatic rings. The van der Waals surface area contributed by atoms with E-state index in [4.69, 9.17) is 0 Å². The van der Waals surface area contributed by atoms with Crippen LogP contribution in [-0.4, -0.2) is 14.8 Å². The fourth-order valence-corrected chi connectivity index (χ4v) is 1.98. The summed E-state index contributed by atoms with van der Waals surface area (Å²) in [5.74, 6) is 0.346. The van der Waals surface area contributed by atoms with Crippen molar-refractivity contribution in [3.8, 4) is 0 Å². The van der Waals surface area contributed by atoms with Crippen LogP contribution in [0.1, 0.15) is 25.8 Å². The molecule has 0 amide bonds. The average molecular weight is 195 g/mol. The summed E-state index contributed by atoms with van der Waals surface area (Å²) in [5, 5.41) is 2.50. The van der Waals surface area contributed by atoms with E-state index >= 15 is 0 Å². The molecule has 1 aliphatic rings. The fourth-order valence-electron chi connectivity index (χ4n) is 1.98. The molecular formula is C9H13N3O2. The summed E-state index contributed by atoms with van der Waals surface area (Å²) in [5.41, 5.74) is -0.779. The third kappa shape index (κ3) is 1.34. The number of allylic oxidation sites excluding steroid dienone is 2. The maximum Gasteiger partial charge on any atom is 0.344 e. The highest BCUT2D eigenvalue weighted by Gasteiger charge is 2.24. The van der Waals surface area contributed by atoms with E-state index in [0.29, 0.717) is 5.92 Å². The molecule has 0 radical (unpaired) electrons. The third-order valence-electron chi connectivity index (χ3n) is 2.72. The van der Waals surface area contributed by atoms with Gasteiger partial charge in [0.05, 0.1) is 6.04 Å². The lowest BCUT2D eigenvalue weighted by atomic mass is 10.0. The van der Waals surface area contributed by atoms with Crippen LogP contribution in [0.25, 0.3) is 0 Å². The Labute approximate surface area is 80.4 Å². The number of H-pyrrole nitrogens is 2. The van der Waals surface area contributed by atoms with Crippen molar-refractivity contribution < 1.29 is 0 Å². The maximum absolute atomic E-state index is 11.3. The number of hydrogen-bond acceptors (Lipinski definition) is 2. The zero-order valence-electron chi connectivity index (χ0n) is 7.99. The summed E-state index contributed by atoms with van der Waals surface area (Å²) in [4.78, 5) is 24.4. The fraction of sp³-hybridized carbons (Fsp3) is 0.556. The first-order valence-electron chi connectivity index (χ1n) is 4.80. The van der Waals surface area contributed by atoms with E-state index < -0.39 is 5.69 Å². The van der Waals surface area contributed by atoms with Crippen LogP contribution in [0.2, 0.25) is 0 Å². The van der Waals surface area contributed by atoms with Gasteiger partial charge in [-0.1, -0.05) is 19.1 Å². The summed E-state index contributed by atoms with van der Waals surface area (Å²) >= 11 is 0. The minimum atomic E-state index is -0.434. The third-order valence-corrected chi connectivity index (χ3v) is 2.72. The summed E-state index contributed by atoms with van der Waals surface area (Å²) in [6.07, 6.45) is 5.94. The van der Waals surface area contributed by atoms with Crippen LogP contribution in [0.3, 0.4) is 0 Å². The maximum atomic E-state index is 11.3. The van der Waals surface area contributed by atoms with Crippen LogP contribution in [0, 0.1) is 5.92 Å². The quantitative estimate of drug-likeness (QED) is 0.670. The lowest BCUT2D eigenvalue weighted by Crippen LogP contribution is -2.26. The van der Waals surface area contributed by atoms with E-state index in [2.05, 4.69) is 29.2 Å². The van der Waals surface area contributed by atoms with Gasteiger partial charge in [-0.3, -0.25) is 4.98 Å². The molecule has 0 fully saturated rings. The molecule has 0 aliphatic heterocycles. The zero-order valence-corrected chi connectivity index (χ0v) is 7.99. The highest BCUT2D eigenvalue weighted by Crippen LogP contribution is 2.30. The molecular weight excluding hydrogens is 182 g/mol. The average Bonchev–Trinajstić information content (AvgIpc) is 2.71. The molecule has 5 heteroatoms. The van der Waals surface area contributed by atoms with E-state index in [1.165, 1.54) is 4.68 Å². The smallest absolute Gasteiger partial charge is 0.257 e. The van der Waals surface area contributed by atoms with Crippen molar-refractivity contribution in [1.29, 1.82) is 0 Å². The predicted octanol–water partition coefficient (Wildman–Crippen LogP) is 0.392. The molecule has 0 aromatic carbocycles. The monoisotopic (exact) mass is 195 g/mol. The second kappa shape index (κ2) is 3.32. The highest BCUT2D eigenvalue weighted by atomic mass is 16.2. The first-order valence-corrected chi connectivity index (χ1v) is 4.80. The minimum Gasteiger partial charge on any atom is -0.257 e. The zero-order chi connectivity index (χ0) is 10.1. The molecule has 5 nitrogen and oxygen atoms in total. The van der Waals surface area contributed by atoms with E-state index in [1.54, 1.807) is 0 Å². The van der Waals surface area contributed by atoms with Crippen molar-refractivity contribution in [2.24, 2.45) is 5.92 Å². The topological polar surface area (TPSA) is 70.7 Å². The van der Waals surface area contributed by atoms with Gasteiger partial charge in [0.25, 0.3) is 0 Å². The van der Waals surface area contributed by atoms with Gasteiger partial charge in [-0.05, 0) is 18.8 Å². The summed E-state index contributed by atoms with van der Waals surface area (Å²) in [6.45, 7) is 2.07. The van der Waals surface area contributed by atoms with Crippen LogP contribution >= 0.6 is 0 Å². The Kier molecular flexibility index (Phi) is 2.15. The van der Waals surface area contributed by atoms with Crippen LogP contribution in [-0.2, 0) is 0 Å². The van der Waals surface area contributed by atoms with Crippen molar-refractivity contribution in [1.82, 2.24) is 14.8 Å². The molecule has 76 valence electrons. The van der Waals surface area contributed by atoms with Crippen molar-refractivity contribution in [3.05, 3.63) is 33.1 Å². The van der Waals surface area contributed by atoms with Crippen LogP contribution in [0.15, 0.2) is 21.7 Å². The van der Waals surface area contributed by atoms with E-state index in [0.717, 1.165) is 12.8 Å². The van der Waals surface area contributed by atoms with Crippen molar-refractivity contribution in [2.45, 2.75) is 25.8 Å². The largest absolute Gasteiger partial charge is 0.344 e. The molecule has 2 N–H and O–H groups in total. The summed E-state index contributed by atoms with van der Waals surface area (Å²) in [6, 6.07) is 0.0754. The molecule has 2 atom stereocenters. The Balaban J connectivity index is 2.36. The van der Waals surface area contributed by atoms with Gasteiger partial charge in [0, 0.05) is 0 Å². The normalized spacial score (nSPS) is 25.8. The first kappa shape index (κ1) is 9.05. The van der Waals surface area contributed by atoms with Gasteiger partial charge in [0.1, 0.15) is 0 Å². The van der Waals surface area contributed by atoms with E-state index in [9.17, 15) is 9.59 Å². The number of nitrogens with one attached hydrogen (secondary N) is 2. The molecule has 2 rings (SSSR count). The Morgan fingerprint density at radius 1 is 1.57 bits per heavy atom. The Bertz CT molecular complexity index is 451. The Hall–Kier alpha value is -1.52. The number of aromatic amines is 2. The molecule has 0 spiro atoms. The van der Waals surface area contributed by atoms with Crippen LogP contribution < -0.4 is 11.4 Å². The number of aromatic nitrogens is 3. The molecule has 1 aliphatic carbocycles. The number of rotatable bonds is 2. The van der Waals surface area contributed by atoms with Crippen molar-refractivity contribution in [2.75, 3.05) is 0 Å². The molecule has 0 saturated heterocycles. The van der Waals surface area contributed by atoms with Gasteiger partial charge >= 0.3 is 11.4 Å². The van der Waals surface area contributed by atoms with Gasteiger partial charge in [-0.2, -0.15) is 0 Å². The Morgan fingerprint density at radius 3 is 2.93 bits per heavy atom. The second-order valence-corrected chi connectivity index (χ2v) is 3.54. The summed E-state index contributed by atoms with van der Waals surface area (Å²) in [7, 11) is 0. The molecule has 0 saturated carbocycles. The van der Waals surface area contributed by atoms with Gasteiger partial charge < -0.3 is 0 Å². The van der Waals surface area contributed by atoms with Crippen LogP contribution in [0.4, 0.5) is 0 Å². The van der Waals surface area contributed by atoms with Gasteiger partial charge in [-0.25, -0.2) is 19.4 Å². The van der Waals surface area contributed by atoms with Crippen molar-refractivity contribution in [3.63, 3.8) is 0 Å². The predicted molar refractivity (Wildman–Crippen MR) is 52.2 cm³/mol. The van der Waals surface area contributed by atoms with Gasteiger partial charge in [0.15, 0.2) is 0 Å². The van der Waals surface area contributed by atoms with Crippen molar-refractivity contribution >= 4 is 0 Å².